The molecule has 1 saturated carbocycles. The largest absolute Gasteiger partial charge is 0.493 e. The predicted molar refractivity (Wildman–Crippen MR) is 118 cm³/mol. The monoisotopic (exact) mass is 408 g/mol. The summed E-state index contributed by atoms with van der Waals surface area (Å²) in [5.41, 5.74) is 3.31. The molecule has 0 amide bonds. The van der Waals surface area contributed by atoms with E-state index in [0.717, 1.165) is 56.3 Å². The first-order valence-corrected chi connectivity index (χ1v) is 11.2. The zero-order chi connectivity index (χ0) is 20.6. The molecule has 2 heterocycles. The van der Waals surface area contributed by atoms with E-state index in [1.807, 2.05) is 6.07 Å². The minimum Gasteiger partial charge on any atom is -0.493 e. The Morgan fingerprint density at radius 2 is 1.87 bits per heavy atom. The van der Waals surface area contributed by atoms with E-state index in [2.05, 4.69) is 53.5 Å². The van der Waals surface area contributed by atoms with Gasteiger partial charge >= 0.3 is 0 Å². The summed E-state index contributed by atoms with van der Waals surface area (Å²) in [6.45, 7) is 5.50. The average molecular weight is 409 g/mol. The third-order valence-corrected chi connectivity index (χ3v) is 7.05. The van der Waals surface area contributed by atoms with Gasteiger partial charge in [0.25, 0.3) is 0 Å². The van der Waals surface area contributed by atoms with Crippen molar-refractivity contribution in [1.82, 2.24) is 4.90 Å². The molecule has 3 atom stereocenters. The third kappa shape index (κ3) is 3.34. The molecule has 3 aliphatic rings. The zero-order valence-corrected chi connectivity index (χ0v) is 18.0. The number of fused-ring (bicyclic) bond motifs is 2. The Morgan fingerprint density at radius 3 is 2.63 bits per heavy atom. The molecular formula is C25H32N2O3. The minimum atomic E-state index is -0.313. The van der Waals surface area contributed by atoms with Crippen molar-refractivity contribution in [3.8, 4) is 11.5 Å². The summed E-state index contributed by atoms with van der Waals surface area (Å²) in [7, 11) is 1.73. The molecule has 5 nitrogen and oxygen atoms in total. The van der Waals surface area contributed by atoms with Gasteiger partial charge in [-0.2, -0.15) is 0 Å². The Hall–Kier alpha value is -2.24. The van der Waals surface area contributed by atoms with E-state index in [-0.39, 0.29) is 11.8 Å². The topological polar surface area (TPSA) is 43.0 Å². The number of morpholine rings is 1. The van der Waals surface area contributed by atoms with Crippen LogP contribution in [-0.2, 0) is 4.74 Å². The molecule has 0 bridgehead atoms. The molecule has 3 unspecified atom stereocenters. The first-order valence-electron chi connectivity index (χ1n) is 11.2. The van der Waals surface area contributed by atoms with E-state index in [0.29, 0.717) is 5.92 Å². The van der Waals surface area contributed by atoms with Gasteiger partial charge in [0.05, 0.1) is 26.4 Å². The van der Waals surface area contributed by atoms with Crippen molar-refractivity contribution < 1.29 is 14.2 Å². The van der Waals surface area contributed by atoms with Crippen LogP contribution >= 0.6 is 0 Å². The van der Waals surface area contributed by atoms with Crippen LogP contribution in [0, 0.1) is 12.8 Å². The molecule has 0 spiro atoms. The highest BCUT2D eigenvalue weighted by Gasteiger charge is 2.55. The Balaban J connectivity index is 1.61. The lowest BCUT2D eigenvalue weighted by Gasteiger charge is -2.56. The fourth-order valence-electron chi connectivity index (χ4n) is 5.56. The van der Waals surface area contributed by atoms with Gasteiger partial charge < -0.3 is 19.5 Å². The molecule has 30 heavy (non-hydrogen) atoms. The maximum Gasteiger partial charge on any atom is 0.169 e. The van der Waals surface area contributed by atoms with Crippen LogP contribution in [0.15, 0.2) is 42.5 Å². The number of anilines is 1. The average Bonchev–Trinajstić information content (AvgIpc) is 2.80. The van der Waals surface area contributed by atoms with E-state index in [9.17, 15) is 0 Å². The van der Waals surface area contributed by atoms with E-state index in [1.165, 1.54) is 24.0 Å². The van der Waals surface area contributed by atoms with Gasteiger partial charge in [-0.3, -0.25) is 4.90 Å². The second kappa shape index (κ2) is 8.12. The van der Waals surface area contributed by atoms with Crippen LogP contribution in [0.25, 0.3) is 0 Å². The highest BCUT2D eigenvalue weighted by atomic mass is 16.5. The van der Waals surface area contributed by atoms with Crippen molar-refractivity contribution in [2.24, 2.45) is 5.92 Å². The number of hydrogen-bond acceptors (Lipinski definition) is 5. The van der Waals surface area contributed by atoms with Gasteiger partial charge in [0.1, 0.15) is 0 Å². The lowest BCUT2D eigenvalue weighted by atomic mass is 9.71. The van der Waals surface area contributed by atoms with Crippen molar-refractivity contribution in [3.05, 3.63) is 53.6 Å². The minimum absolute atomic E-state index is 0.176. The van der Waals surface area contributed by atoms with Gasteiger partial charge in [0, 0.05) is 36.7 Å². The van der Waals surface area contributed by atoms with Crippen molar-refractivity contribution in [1.29, 1.82) is 0 Å². The van der Waals surface area contributed by atoms with Crippen molar-refractivity contribution in [3.63, 3.8) is 0 Å². The molecular weight excluding hydrogens is 376 g/mol. The molecule has 5 heteroatoms. The second-order valence-corrected chi connectivity index (χ2v) is 8.77. The maximum absolute atomic E-state index is 6.98. The third-order valence-electron chi connectivity index (χ3n) is 7.05. The molecule has 2 aromatic carbocycles. The summed E-state index contributed by atoms with van der Waals surface area (Å²) < 4.78 is 18.4. The summed E-state index contributed by atoms with van der Waals surface area (Å²) in [6, 6.07) is 15.2. The molecule has 1 saturated heterocycles. The van der Waals surface area contributed by atoms with Crippen LogP contribution in [-0.4, -0.2) is 44.0 Å². The number of para-hydroxylation sites is 1. The van der Waals surface area contributed by atoms with Gasteiger partial charge in [0.2, 0.25) is 0 Å². The SMILES string of the molecule is COc1cccc2c1OC1(N3CCOCC3)CCCCC1C2Nc1ccc(C)cc1. The van der Waals surface area contributed by atoms with E-state index < -0.39 is 0 Å². The number of ether oxygens (including phenoxy) is 3. The molecule has 2 aliphatic heterocycles. The van der Waals surface area contributed by atoms with Crippen molar-refractivity contribution in [2.45, 2.75) is 44.4 Å². The Kier molecular flexibility index (Phi) is 5.34. The zero-order valence-electron chi connectivity index (χ0n) is 18.0. The molecule has 2 fully saturated rings. The molecule has 160 valence electrons. The highest BCUT2D eigenvalue weighted by Crippen LogP contribution is 2.55. The molecule has 0 radical (unpaired) electrons. The lowest BCUT2D eigenvalue weighted by Crippen LogP contribution is -2.65. The summed E-state index contributed by atoms with van der Waals surface area (Å²) in [5.74, 6) is 2.08. The number of methoxy groups -OCH3 is 1. The Morgan fingerprint density at radius 1 is 1.07 bits per heavy atom. The standard InChI is InChI=1S/C25H32N2O3/c1-18-9-11-19(12-10-18)26-23-20-6-5-8-22(28-2)24(20)30-25(13-4-3-7-21(23)25)27-14-16-29-17-15-27/h5-6,8-12,21,23,26H,3-4,7,13-17H2,1-2H3. The fourth-order valence-corrected chi connectivity index (χ4v) is 5.56. The van der Waals surface area contributed by atoms with Gasteiger partial charge in [-0.05, 0) is 38.0 Å². The van der Waals surface area contributed by atoms with Crippen molar-refractivity contribution >= 4 is 5.69 Å². The summed E-state index contributed by atoms with van der Waals surface area (Å²) in [5, 5.41) is 3.89. The molecule has 2 aromatic rings. The predicted octanol–water partition coefficient (Wildman–Crippen LogP) is 4.77. The lowest BCUT2D eigenvalue weighted by molar-refractivity contribution is -0.185. The van der Waals surface area contributed by atoms with Gasteiger partial charge in [-0.15, -0.1) is 0 Å². The number of nitrogens with one attached hydrogen (secondary N) is 1. The summed E-state index contributed by atoms with van der Waals surface area (Å²) in [6.07, 6.45) is 4.62. The first-order chi connectivity index (χ1) is 14.7. The van der Waals surface area contributed by atoms with Crippen molar-refractivity contribution in [2.75, 3.05) is 38.7 Å². The first kappa shape index (κ1) is 19.7. The smallest absolute Gasteiger partial charge is 0.169 e. The molecule has 1 aliphatic carbocycles. The summed E-state index contributed by atoms with van der Waals surface area (Å²) >= 11 is 0. The maximum atomic E-state index is 6.98. The normalized spacial score (nSPS) is 28.7. The number of aryl methyl sites for hydroxylation is 1. The molecule has 1 N–H and O–H groups in total. The summed E-state index contributed by atoms with van der Waals surface area (Å²) in [4.78, 5) is 2.54. The molecule has 5 rings (SSSR count). The quantitative estimate of drug-likeness (QED) is 0.790. The van der Waals surface area contributed by atoms with E-state index in [1.54, 1.807) is 7.11 Å². The van der Waals surface area contributed by atoms with Gasteiger partial charge in [-0.25, -0.2) is 0 Å². The van der Waals surface area contributed by atoms with Crippen LogP contribution in [0.1, 0.15) is 42.9 Å². The molecule has 0 aromatic heterocycles. The van der Waals surface area contributed by atoms with Crippen LogP contribution in [0.5, 0.6) is 11.5 Å². The number of benzene rings is 2. The van der Waals surface area contributed by atoms with Crippen LogP contribution < -0.4 is 14.8 Å². The second-order valence-electron chi connectivity index (χ2n) is 8.77. The van der Waals surface area contributed by atoms with E-state index in [4.69, 9.17) is 14.2 Å². The van der Waals surface area contributed by atoms with Crippen LogP contribution in [0.4, 0.5) is 5.69 Å². The van der Waals surface area contributed by atoms with Gasteiger partial charge in [-0.1, -0.05) is 36.2 Å². The number of hydrogen-bond donors (Lipinski definition) is 1. The fraction of sp³-hybridized carbons (Fsp3) is 0.520. The highest BCUT2D eigenvalue weighted by molar-refractivity contribution is 5.55. The van der Waals surface area contributed by atoms with Crippen LogP contribution in [0.3, 0.4) is 0 Å². The number of rotatable bonds is 4. The van der Waals surface area contributed by atoms with Gasteiger partial charge in [0.15, 0.2) is 17.2 Å². The van der Waals surface area contributed by atoms with Crippen LogP contribution in [0.2, 0.25) is 0 Å². The Labute approximate surface area is 179 Å². The van der Waals surface area contributed by atoms with E-state index >= 15 is 0 Å². The Bertz CT molecular complexity index is 878. The number of nitrogens with zero attached hydrogens (tertiary/aromatic N) is 1.